The molecule has 34 heavy (non-hydrogen) atoms. The van der Waals surface area contributed by atoms with Gasteiger partial charge in [-0.3, -0.25) is 9.59 Å². The lowest BCUT2D eigenvalue weighted by Gasteiger charge is -2.42. The first-order valence-corrected chi connectivity index (χ1v) is 16.8. The molecule has 3 fully saturated rings. The van der Waals surface area contributed by atoms with Gasteiger partial charge in [0.25, 0.3) is 0 Å². The van der Waals surface area contributed by atoms with Crippen LogP contribution < -0.4 is 0 Å². The molecule has 4 nitrogen and oxygen atoms in total. The molecular formula is C29H50O4Si. The Labute approximate surface area is 209 Å². The molecule has 194 valence electrons. The molecule has 0 radical (unpaired) electrons. The zero-order valence-corrected chi connectivity index (χ0v) is 24.2. The van der Waals surface area contributed by atoms with E-state index in [2.05, 4.69) is 66.8 Å². The predicted molar refractivity (Wildman–Crippen MR) is 141 cm³/mol. The Hall–Kier alpha value is -0.943. The minimum atomic E-state index is -2.08. The number of allylic oxidation sites excluding steroid dienone is 1. The zero-order valence-electron chi connectivity index (χ0n) is 23.2. The van der Waals surface area contributed by atoms with Gasteiger partial charge in [-0.2, -0.15) is 0 Å². The van der Waals surface area contributed by atoms with Crippen LogP contribution in [0.4, 0.5) is 0 Å². The van der Waals surface area contributed by atoms with Crippen molar-refractivity contribution >= 4 is 20.1 Å². The monoisotopic (exact) mass is 490 g/mol. The molecule has 0 bridgehead atoms. The third-order valence-electron chi connectivity index (χ3n) is 9.86. The molecule has 0 saturated heterocycles. The van der Waals surface area contributed by atoms with Crippen molar-refractivity contribution in [3.05, 3.63) is 12.2 Å². The van der Waals surface area contributed by atoms with Crippen molar-refractivity contribution in [2.75, 3.05) is 6.61 Å². The maximum absolute atomic E-state index is 13.2. The highest BCUT2D eigenvalue weighted by atomic mass is 28.4. The Morgan fingerprint density at radius 2 is 1.85 bits per heavy atom. The molecule has 0 heterocycles. The Morgan fingerprint density at radius 1 is 1.18 bits per heavy atom. The van der Waals surface area contributed by atoms with Gasteiger partial charge in [-0.1, -0.05) is 60.1 Å². The van der Waals surface area contributed by atoms with Crippen molar-refractivity contribution in [1.29, 1.82) is 0 Å². The quantitative estimate of drug-likeness (QED) is 0.138. The molecule has 0 spiro atoms. The average molecular weight is 491 g/mol. The maximum Gasteiger partial charge on any atom is 0.315 e. The number of hydrogen-bond acceptors (Lipinski definition) is 4. The van der Waals surface area contributed by atoms with Crippen molar-refractivity contribution in [3.63, 3.8) is 0 Å². The number of carbonyl (C=O) groups excluding carboxylic acids is 2. The number of esters is 1. The zero-order chi connectivity index (χ0) is 25.4. The highest BCUT2D eigenvalue weighted by molar-refractivity contribution is 6.74. The van der Waals surface area contributed by atoms with E-state index in [1.807, 2.05) is 0 Å². The van der Waals surface area contributed by atoms with Crippen LogP contribution in [-0.4, -0.2) is 32.8 Å². The third kappa shape index (κ3) is 5.40. The van der Waals surface area contributed by atoms with Crippen LogP contribution in [-0.2, 0) is 18.8 Å². The molecule has 3 saturated carbocycles. The molecule has 3 rings (SSSR count). The van der Waals surface area contributed by atoms with E-state index >= 15 is 0 Å². The van der Waals surface area contributed by atoms with Gasteiger partial charge in [0.2, 0.25) is 0 Å². The summed E-state index contributed by atoms with van der Waals surface area (Å²) in [6, 6.07) is 0. The normalized spacial score (nSPS) is 30.8. The summed E-state index contributed by atoms with van der Waals surface area (Å²) in [6.45, 7) is 18.6. The summed E-state index contributed by atoms with van der Waals surface area (Å²) in [5.74, 6) is 1.52. The Morgan fingerprint density at radius 3 is 2.44 bits per heavy atom. The van der Waals surface area contributed by atoms with Crippen molar-refractivity contribution in [2.24, 2.45) is 28.6 Å². The number of carbonyl (C=O) groups is 2. The molecule has 0 unspecified atom stereocenters. The summed E-state index contributed by atoms with van der Waals surface area (Å²) in [6.07, 6.45) is 13.0. The average Bonchev–Trinajstić information content (AvgIpc) is 3.47. The predicted octanol–water partition coefficient (Wildman–Crippen LogP) is 7.48. The van der Waals surface area contributed by atoms with Gasteiger partial charge in [-0.25, -0.2) is 0 Å². The number of hydrogen-bond donors (Lipinski definition) is 0. The van der Waals surface area contributed by atoms with Crippen molar-refractivity contribution in [2.45, 2.75) is 124 Å². The summed E-state index contributed by atoms with van der Waals surface area (Å²) in [7, 11) is -2.08. The fourth-order valence-corrected chi connectivity index (χ4v) is 7.56. The molecule has 5 atom stereocenters. The maximum atomic E-state index is 13.2. The van der Waals surface area contributed by atoms with E-state index in [4.69, 9.17) is 9.16 Å². The second-order valence-corrected chi connectivity index (χ2v) is 18.0. The molecule has 3 aliphatic rings. The molecular weight excluding hydrogens is 440 g/mol. The summed E-state index contributed by atoms with van der Waals surface area (Å²) in [5, 5.41) is 0.0709. The number of ether oxygens (including phenoxy) is 1. The van der Waals surface area contributed by atoms with Gasteiger partial charge in [0, 0.05) is 12.3 Å². The van der Waals surface area contributed by atoms with Crippen LogP contribution >= 0.6 is 0 Å². The summed E-state index contributed by atoms with van der Waals surface area (Å²) in [4.78, 5) is 25.8. The molecule has 0 aliphatic heterocycles. The molecule has 0 aromatic heterocycles. The SMILES string of the molecule is CCCCOC(=O)C1([C@@H](C=C[C@@H](C)[C@H]2CC[C@H]3C(=O)CCC[C@]23C)O[Si](C)(C)C(C)(C)C)CC1. The topological polar surface area (TPSA) is 52.6 Å². The molecule has 0 aromatic rings. The van der Waals surface area contributed by atoms with Gasteiger partial charge < -0.3 is 9.16 Å². The van der Waals surface area contributed by atoms with Crippen molar-refractivity contribution in [1.82, 2.24) is 0 Å². The smallest absolute Gasteiger partial charge is 0.315 e. The lowest BCUT2D eigenvalue weighted by atomic mass is 9.62. The van der Waals surface area contributed by atoms with Crippen LogP contribution in [0, 0.1) is 28.6 Å². The standard InChI is InChI=1S/C29H50O4Si/c1-9-10-20-32-26(31)29(18-19-29)25(33-34(7,8)27(3,4)5)16-13-21(2)22-14-15-23-24(30)12-11-17-28(22,23)6/h13,16,21-23,25H,9-12,14-15,17-20H2,1-8H3/t21-,22-,23+,25-,28-/m1/s1. The number of Topliss-reactive ketones (excluding diaryl/α,β-unsaturated/α-hetero) is 1. The van der Waals surface area contributed by atoms with E-state index in [1.54, 1.807) is 0 Å². The van der Waals surface area contributed by atoms with Gasteiger partial charge in [0.1, 0.15) is 5.78 Å². The third-order valence-corrected chi connectivity index (χ3v) is 14.3. The second-order valence-electron chi connectivity index (χ2n) is 13.3. The Balaban J connectivity index is 1.81. The number of ketones is 1. The highest BCUT2D eigenvalue weighted by Crippen LogP contribution is 2.57. The van der Waals surface area contributed by atoms with Crippen molar-refractivity contribution in [3.8, 4) is 0 Å². The lowest BCUT2D eigenvalue weighted by Crippen LogP contribution is -2.47. The summed E-state index contributed by atoms with van der Waals surface area (Å²) < 4.78 is 12.6. The lowest BCUT2D eigenvalue weighted by molar-refractivity contribution is -0.153. The van der Waals surface area contributed by atoms with Gasteiger partial charge >= 0.3 is 5.97 Å². The van der Waals surface area contributed by atoms with E-state index in [0.717, 1.165) is 57.8 Å². The molecule has 0 N–H and O–H groups in total. The van der Waals surface area contributed by atoms with Crippen LogP contribution in [0.15, 0.2) is 12.2 Å². The van der Waals surface area contributed by atoms with E-state index in [-0.39, 0.29) is 28.4 Å². The van der Waals surface area contributed by atoms with E-state index < -0.39 is 13.7 Å². The Kier molecular flexibility index (Phi) is 8.29. The van der Waals surface area contributed by atoms with E-state index in [0.29, 0.717) is 24.2 Å². The first-order valence-electron chi connectivity index (χ1n) is 13.8. The van der Waals surface area contributed by atoms with E-state index in [9.17, 15) is 9.59 Å². The molecule has 0 aromatic carbocycles. The summed E-state index contributed by atoms with van der Waals surface area (Å²) in [5.41, 5.74) is -0.409. The minimum absolute atomic E-state index is 0.0709. The minimum Gasteiger partial charge on any atom is -0.465 e. The van der Waals surface area contributed by atoms with Gasteiger partial charge in [-0.05, 0) is 80.3 Å². The number of rotatable bonds is 10. The first kappa shape index (κ1) is 27.6. The molecule has 3 aliphatic carbocycles. The number of fused-ring (bicyclic) bond motifs is 1. The summed E-state index contributed by atoms with van der Waals surface area (Å²) >= 11 is 0. The van der Waals surface area contributed by atoms with Crippen LogP contribution in [0.2, 0.25) is 18.1 Å². The van der Waals surface area contributed by atoms with Gasteiger partial charge in [-0.15, -0.1) is 0 Å². The fourth-order valence-electron chi connectivity index (χ4n) is 6.27. The van der Waals surface area contributed by atoms with E-state index in [1.165, 1.54) is 0 Å². The Bertz CT molecular complexity index is 775. The van der Waals surface area contributed by atoms with Crippen LogP contribution in [0.5, 0.6) is 0 Å². The molecule has 5 heteroatoms. The fraction of sp³-hybridized carbons (Fsp3) is 0.862. The van der Waals surface area contributed by atoms with Crippen molar-refractivity contribution < 1.29 is 18.8 Å². The number of unbranched alkanes of at least 4 members (excludes halogenated alkanes) is 1. The van der Waals surface area contributed by atoms with Crippen LogP contribution in [0.3, 0.4) is 0 Å². The van der Waals surface area contributed by atoms with Gasteiger partial charge in [0.15, 0.2) is 8.32 Å². The van der Waals surface area contributed by atoms with Crippen LogP contribution in [0.25, 0.3) is 0 Å². The van der Waals surface area contributed by atoms with Crippen LogP contribution in [0.1, 0.15) is 99.3 Å². The second kappa shape index (κ2) is 10.2. The van der Waals surface area contributed by atoms with Gasteiger partial charge in [0.05, 0.1) is 18.1 Å². The highest BCUT2D eigenvalue weighted by Gasteiger charge is 2.59. The largest absolute Gasteiger partial charge is 0.465 e. The molecule has 0 amide bonds. The first-order chi connectivity index (χ1) is 15.8.